The third-order valence-corrected chi connectivity index (χ3v) is 2.73. The molecule has 2 nitrogen and oxygen atoms in total. The van der Waals surface area contributed by atoms with Crippen LogP contribution in [0.2, 0.25) is 0 Å². The highest BCUT2D eigenvalue weighted by molar-refractivity contribution is 5.87. The van der Waals surface area contributed by atoms with Gasteiger partial charge in [0.1, 0.15) is 5.82 Å². The SMILES string of the molecule is Cc1ccc2c(C)cc(N)nc2c1C. The Bertz CT molecular complexity index is 501. The predicted octanol–water partition coefficient (Wildman–Crippen LogP) is 2.74. The van der Waals surface area contributed by atoms with Gasteiger partial charge in [-0.05, 0) is 43.5 Å². The fourth-order valence-electron chi connectivity index (χ4n) is 1.72. The van der Waals surface area contributed by atoms with Gasteiger partial charge in [-0.1, -0.05) is 12.1 Å². The minimum atomic E-state index is 0.601. The second kappa shape index (κ2) is 2.98. The van der Waals surface area contributed by atoms with Crippen LogP contribution in [0.25, 0.3) is 10.9 Å². The van der Waals surface area contributed by atoms with E-state index in [1.165, 1.54) is 22.1 Å². The van der Waals surface area contributed by atoms with Gasteiger partial charge in [0.15, 0.2) is 0 Å². The molecule has 1 aromatic carbocycles. The third-order valence-electron chi connectivity index (χ3n) is 2.73. The van der Waals surface area contributed by atoms with Crippen LogP contribution in [0.4, 0.5) is 5.82 Å². The first kappa shape index (κ1) is 9.00. The number of benzene rings is 1. The molecule has 2 N–H and O–H groups in total. The predicted molar refractivity (Wildman–Crippen MR) is 60.4 cm³/mol. The van der Waals surface area contributed by atoms with E-state index in [0.717, 1.165) is 5.52 Å². The molecule has 2 heteroatoms. The van der Waals surface area contributed by atoms with Crippen molar-refractivity contribution >= 4 is 16.7 Å². The van der Waals surface area contributed by atoms with E-state index in [1.807, 2.05) is 6.07 Å². The second-order valence-electron chi connectivity index (χ2n) is 3.77. The molecule has 0 radical (unpaired) electrons. The number of aromatic nitrogens is 1. The Hall–Kier alpha value is -1.57. The molecule has 0 saturated heterocycles. The van der Waals surface area contributed by atoms with Crippen molar-refractivity contribution in [2.45, 2.75) is 20.8 Å². The van der Waals surface area contributed by atoms with Crippen molar-refractivity contribution < 1.29 is 0 Å². The highest BCUT2D eigenvalue weighted by atomic mass is 14.8. The number of nitrogen functional groups attached to an aromatic ring is 1. The van der Waals surface area contributed by atoms with Gasteiger partial charge in [0.2, 0.25) is 0 Å². The zero-order valence-corrected chi connectivity index (χ0v) is 8.76. The summed E-state index contributed by atoms with van der Waals surface area (Å²) in [4.78, 5) is 4.37. The lowest BCUT2D eigenvalue weighted by Crippen LogP contribution is -1.95. The Morgan fingerprint density at radius 2 is 1.79 bits per heavy atom. The van der Waals surface area contributed by atoms with Gasteiger partial charge in [0.05, 0.1) is 5.52 Å². The average molecular weight is 186 g/mol. The van der Waals surface area contributed by atoms with Crippen molar-refractivity contribution in [2.75, 3.05) is 5.73 Å². The van der Waals surface area contributed by atoms with Crippen LogP contribution < -0.4 is 5.73 Å². The first-order chi connectivity index (χ1) is 6.59. The lowest BCUT2D eigenvalue weighted by molar-refractivity contribution is 1.30. The summed E-state index contributed by atoms with van der Waals surface area (Å²) in [6.07, 6.45) is 0. The van der Waals surface area contributed by atoms with E-state index in [4.69, 9.17) is 5.73 Å². The van der Waals surface area contributed by atoms with Crippen LogP contribution in [0.1, 0.15) is 16.7 Å². The van der Waals surface area contributed by atoms with Crippen molar-refractivity contribution in [3.05, 3.63) is 34.9 Å². The number of hydrogen-bond donors (Lipinski definition) is 1. The van der Waals surface area contributed by atoms with Crippen LogP contribution in [0.5, 0.6) is 0 Å². The number of anilines is 1. The van der Waals surface area contributed by atoms with Crippen molar-refractivity contribution in [3.63, 3.8) is 0 Å². The zero-order chi connectivity index (χ0) is 10.3. The molecule has 0 spiro atoms. The second-order valence-corrected chi connectivity index (χ2v) is 3.77. The van der Waals surface area contributed by atoms with Gasteiger partial charge in [-0.25, -0.2) is 4.98 Å². The molecule has 0 amide bonds. The van der Waals surface area contributed by atoms with Gasteiger partial charge in [-0.15, -0.1) is 0 Å². The summed E-state index contributed by atoms with van der Waals surface area (Å²) in [5, 5.41) is 1.20. The number of nitrogens with zero attached hydrogens (tertiary/aromatic N) is 1. The van der Waals surface area contributed by atoms with Crippen molar-refractivity contribution in [1.29, 1.82) is 0 Å². The van der Waals surface area contributed by atoms with Gasteiger partial charge in [-0.2, -0.15) is 0 Å². The summed E-state index contributed by atoms with van der Waals surface area (Å²) in [6.45, 7) is 6.24. The summed E-state index contributed by atoms with van der Waals surface area (Å²) in [5.41, 5.74) is 10.4. The van der Waals surface area contributed by atoms with Gasteiger partial charge in [0.25, 0.3) is 0 Å². The molecule has 1 heterocycles. The fraction of sp³-hybridized carbons (Fsp3) is 0.250. The molecular formula is C12H14N2. The maximum Gasteiger partial charge on any atom is 0.124 e. The van der Waals surface area contributed by atoms with Crippen LogP contribution in [0.3, 0.4) is 0 Å². The quantitative estimate of drug-likeness (QED) is 0.687. The van der Waals surface area contributed by atoms with Crippen LogP contribution >= 0.6 is 0 Å². The number of pyridine rings is 1. The normalized spacial score (nSPS) is 10.8. The monoisotopic (exact) mass is 186 g/mol. The van der Waals surface area contributed by atoms with E-state index in [0.29, 0.717) is 5.82 Å². The molecule has 72 valence electrons. The third kappa shape index (κ3) is 1.23. The van der Waals surface area contributed by atoms with E-state index < -0.39 is 0 Å². The molecule has 0 fully saturated rings. The van der Waals surface area contributed by atoms with Gasteiger partial charge < -0.3 is 5.73 Å². The van der Waals surface area contributed by atoms with Gasteiger partial charge in [0, 0.05) is 5.39 Å². The topological polar surface area (TPSA) is 38.9 Å². The number of fused-ring (bicyclic) bond motifs is 1. The highest BCUT2D eigenvalue weighted by Crippen LogP contribution is 2.23. The Balaban J connectivity index is 2.95. The lowest BCUT2D eigenvalue weighted by atomic mass is 10.0. The lowest BCUT2D eigenvalue weighted by Gasteiger charge is -2.08. The zero-order valence-electron chi connectivity index (χ0n) is 8.76. The van der Waals surface area contributed by atoms with Crippen LogP contribution in [-0.4, -0.2) is 4.98 Å². The molecule has 0 aliphatic heterocycles. The molecule has 2 rings (SSSR count). The summed E-state index contributed by atoms with van der Waals surface area (Å²) in [6, 6.07) is 6.15. The standard InChI is InChI=1S/C12H14N2/c1-7-4-5-10-8(2)6-11(13)14-12(10)9(7)3/h4-6H,1-3H3,(H2,13,14). The molecule has 2 aromatic rings. The number of aryl methyl sites for hydroxylation is 3. The van der Waals surface area contributed by atoms with E-state index >= 15 is 0 Å². The minimum Gasteiger partial charge on any atom is -0.384 e. The molecule has 0 aliphatic rings. The molecule has 14 heavy (non-hydrogen) atoms. The highest BCUT2D eigenvalue weighted by Gasteiger charge is 2.04. The summed E-state index contributed by atoms with van der Waals surface area (Å²) < 4.78 is 0. The smallest absolute Gasteiger partial charge is 0.124 e. The van der Waals surface area contributed by atoms with Crippen molar-refractivity contribution in [2.24, 2.45) is 0 Å². The summed E-state index contributed by atoms with van der Waals surface area (Å²) >= 11 is 0. The maximum atomic E-state index is 5.73. The van der Waals surface area contributed by atoms with Crippen molar-refractivity contribution in [1.82, 2.24) is 4.98 Å². The Kier molecular flexibility index (Phi) is 1.92. The number of hydrogen-bond acceptors (Lipinski definition) is 2. The summed E-state index contributed by atoms with van der Waals surface area (Å²) in [7, 11) is 0. The molecule has 0 saturated carbocycles. The molecule has 1 aromatic heterocycles. The fourth-order valence-corrected chi connectivity index (χ4v) is 1.72. The number of nitrogens with two attached hydrogens (primary N) is 1. The molecule has 0 atom stereocenters. The Morgan fingerprint density at radius 1 is 1.07 bits per heavy atom. The Morgan fingerprint density at radius 3 is 2.50 bits per heavy atom. The van der Waals surface area contributed by atoms with E-state index in [9.17, 15) is 0 Å². The molecule has 0 aliphatic carbocycles. The van der Waals surface area contributed by atoms with Crippen LogP contribution in [0.15, 0.2) is 18.2 Å². The van der Waals surface area contributed by atoms with Crippen LogP contribution in [-0.2, 0) is 0 Å². The van der Waals surface area contributed by atoms with E-state index in [2.05, 4.69) is 37.9 Å². The largest absolute Gasteiger partial charge is 0.384 e. The Labute approximate surface area is 83.8 Å². The maximum absolute atomic E-state index is 5.73. The first-order valence-electron chi connectivity index (χ1n) is 4.72. The van der Waals surface area contributed by atoms with Gasteiger partial charge >= 0.3 is 0 Å². The van der Waals surface area contributed by atoms with E-state index in [-0.39, 0.29) is 0 Å². The van der Waals surface area contributed by atoms with Crippen molar-refractivity contribution in [3.8, 4) is 0 Å². The molecule has 0 unspecified atom stereocenters. The molecular weight excluding hydrogens is 172 g/mol. The average Bonchev–Trinajstić information content (AvgIpc) is 2.12. The first-order valence-corrected chi connectivity index (χ1v) is 4.72. The minimum absolute atomic E-state index is 0.601. The summed E-state index contributed by atoms with van der Waals surface area (Å²) in [5.74, 6) is 0.601. The van der Waals surface area contributed by atoms with E-state index in [1.54, 1.807) is 0 Å². The number of rotatable bonds is 0. The van der Waals surface area contributed by atoms with Gasteiger partial charge in [-0.3, -0.25) is 0 Å². The molecule has 0 bridgehead atoms. The van der Waals surface area contributed by atoms with Crippen LogP contribution in [0, 0.1) is 20.8 Å².